The van der Waals surface area contributed by atoms with E-state index in [4.69, 9.17) is 0 Å². The van der Waals surface area contributed by atoms with Crippen molar-refractivity contribution in [2.75, 3.05) is 9.80 Å². The number of hydrogen-bond acceptors (Lipinski definition) is 2. The quantitative estimate of drug-likeness (QED) is 0.141. The number of aromatic nitrogens is 2. The summed E-state index contributed by atoms with van der Waals surface area (Å²) in [6.45, 7) is 47.7. The van der Waals surface area contributed by atoms with Gasteiger partial charge < -0.3 is 18.9 Å². The molecule has 0 radical (unpaired) electrons. The average molecular weight is 1690 g/mol. The van der Waals surface area contributed by atoms with Crippen LogP contribution in [0, 0.1) is 0 Å². The Balaban J connectivity index is 0.936. The zero-order valence-electron chi connectivity index (χ0n) is 86.9. The summed E-state index contributed by atoms with van der Waals surface area (Å²) in [4.78, 5) is 5.23. The second-order valence-electron chi connectivity index (χ2n) is 44.3. The Labute approximate surface area is 781 Å². The van der Waals surface area contributed by atoms with E-state index in [0.29, 0.717) is 5.69 Å². The average Bonchev–Trinajstić information content (AvgIpc) is 1.62. The predicted molar refractivity (Wildman–Crippen MR) is 558 cm³/mol. The largest absolute Gasteiger partial charge is 0.310 e. The van der Waals surface area contributed by atoms with E-state index in [-0.39, 0.29) is 66.4 Å². The van der Waals surface area contributed by atoms with Crippen LogP contribution >= 0.6 is 0 Å². The summed E-state index contributed by atoms with van der Waals surface area (Å²) < 4.78 is 81.9. The third kappa shape index (κ3) is 12.7. The second-order valence-corrected chi connectivity index (χ2v) is 44.3. The highest BCUT2D eigenvalue weighted by Crippen LogP contribution is 2.66. The standard InChI is InChI=1S/C125H117BN4/c1-118(2,3)80-54-46-76(47-55-80)96-68-84(122(13,14)15)69-97(77-48-56-81(57-49-77)119(4,5)6)116(96)129-109-74-87(127-105-43-31-25-37-92(105)93-38-26-32-44-106(93)127)62-65-103(109)126-104-66-63-88(128-107-45-33-27-39-95(107)113-108(128)67-64-94-91-36-24-30-42-102(91)125(114(94)113)100-40-28-22-34-89(100)90-35-23-29-41-101(90)125)75-110(104)130(112-73-86(124(19,20)21)72-111(129)115(112)126)117-98(78-50-58-82(59-51-78)120(7,8)9)70-85(123(16,17)18)71-99(117)79-52-60-83(61-53-79)121(10,11)12/h22-75H,1-21H3/i25D,26D,31D,32D,37D,38D,43D,44D. The van der Waals surface area contributed by atoms with Gasteiger partial charge in [0.05, 0.1) is 49.8 Å². The van der Waals surface area contributed by atoms with Crippen LogP contribution in [-0.4, -0.2) is 15.8 Å². The van der Waals surface area contributed by atoms with Crippen molar-refractivity contribution in [3.63, 3.8) is 0 Å². The van der Waals surface area contributed by atoms with E-state index < -0.39 is 53.8 Å². The Morgan fingerprint density at radius 1 is 0.254 bits per heavy atom. The fraction of sp³-hybridized carbons (Fsp3) is 0.232. The molecule has 0 saturated heterocycles. The topological polar surface area (TPSA) is 16.3 Å². The van der Waals surface area contributed by atoms with Gasteiger partial charge in [-0.1, -0.05) is 388 Å². The lowest BCUT2D eigenvalue weighted by Gasteiger charge is -2.47. The fourth-order valence-electron chi connectivity index (χ4n) is 21.9. The van der Waals surface area contributed by atoms with Crippen molar-refractivity contribution in [3.8, 4) is 78.1 Å². The van der Waals surface area contributed by atoms with Gasteiger partial charge in [0.25, 0.3) is 6.71 Å². The lowest BCUT2D eigenvalue weighted by Crippen LogP contribution is -2.61. The maximum Gasteiger partial charge on any atom is 0.252 e. The highest BCUT2D eigenvalue weighted by Gasteiger charge is 2.54. The van der Waals surface area contributed by atoms with Gasteiger partial charge in [-0.2, -0.15) is 0 Å². The molecule has 16 aromatic carbocycles. The molecular weight excluding hydrogens is 1570 g/mol. The summed E-state index contributed by atoms with van der Waals surface area (Å²) in [6, 6.07) is 103. The number of hydrogen-bond donors (Lipinski definition) is 0. The van der Waals surface area contributed by atoms with E-state index in [9.17, 15) is 11.0 Å². The second kappa shape index (κ2) is 28.9. The van der Waals surface area contributed by atoms with E-state index in [2.05, 4.69) is 433 Å². The normalized spacial score (nSPS) is 14.9. The maximum absolute atomic E-state index is 10.1. The van der Waals surface area contributed by atoms with Gasteiger partial charge in [-0.25, -0.2) is 0 Å². The fourth-order valence-corrected chi connectivity index (χ4v) is 21.9. The van der Waals surface area contributed by atoms with Crippen molar-refractivity contribution in [3.05, 3.63) is 389 Å². The molecule has 2 aromatic heterocycles. The van der Waals surface area contributed by atoms with Crippen LogP contribution in [0.4, 0.5) is 34.1 Å². The summed E-state index contributed by atoms with van der Waals surface area (Å²) in [7, 11) is 0. The summed E-state index contributed by atoms with van der Waals surface area (Å²) in [5.74, 6) is 0. The number of nitrogens with zero attached hydrogens (tertiary/aromatic N) is 4. The molecule has 0 bridgehead atoms. The van der Waals surface area contributed by atoms with Gasteiger partial charge >= 0.3 is 0 Å². The van der Waals surface area contributed by atoms with Gasteiger partial charge in [0.2, 0.25) is 0 Å². The Kier molecular flexibility index (Phi) is 16.4. The molecule has 22 rings (SSSR count). The van der Waals surface area contributed by atoms with Crippen molar-refractivity contribution in [2.45, 2.75) is 189 Å². The third-order valence-corrected chi connectivity index (χ3v) is 28.9. The molecule has 5 heteroatoms. The SMILES string of the molecule is [2H]c1c([2H])c([2H])c2c(c1[2H])c1c([2H])c([2H])c([2H])c([2H])c1n2-c1ccc2c(c1)N(c1c(-c3ccc(C(C)(C)C)cc3)cc(C(C)(C)C)cc1-c1ccc(C(C)(C)C)cc1)c1cc(C(C)(C)C)cc3c1B2c1ccc(-n2c4ccccc4c4c5c(ccc42)-c2ccccc2C52c4ccccc4-c4ccccc42)cc1N3c1c(-c2ccc(C(C)(C)C)cc2)cc(C(C)(C)C)cc1-c1ccc(C(C)(C)C)cc1. The number of rotatable bonds is 8. The van der Waals surface area contributed by atoms with Crippen LogP contribution in [0.3, 0.4) is 0 Å². The summed E-state index contributed by atoms with van der Waals surface area (Å²) in [6.07, 6.45) is 0. The third-order valence-electron chi connectivity index (χ3n) is 28.9. The first-order valence-electron chi connectivity index (χ1n) is 50.5. The number of para-hydroxylation sites is 3. The molecule has 0 N–H and O–H groups in total. The van der Waals surface area contributed by atoms with E-state index in [1.807, 2.05) is 6.07 Å². The zero-order valence-corrected chi connectivity index (χ0v) is 78.9. The molecule has 0 saturated carbocycles. The van der Waals surface area contributed by atoms with Crippen molar-refractivity contribution < 1.29 is 11.0 Å². The molecule has 0 amide bonds. The van der Waals surface area contributed by atoms with Gasteiger partial charge in [0.1, 0.15) is 0 Å². The molecular formula is C125H117BN4. The van der Waals surface area contributed by atoms with Crippen molar-refractivity contribution in [1.29, 1.82) is 0 Å². The van der Waals surface area contributed by atoms with Crippen LogP contribution < -0.4 is 26.2 Å². The van der Waals surface area contributed by atoms with Crippen LogP contribution in [0.25, 0.3) is 122 Å². The van der Waals surface area contributed by atoms with Gasteiger partial charge in [0.15, 0.2) is 0 Å². The molecule has 640 valence electrons. The molecule has 0 fully saturated rings. The highest BCUT2D eigenvalue weighted by molar-refractivity contribution is 7.00. The summed E-state index contributed by atoms with van der Waals surface area (Å²) >= 11 is 0. The molecule has 130 heavy (non-hydrogen) atoms. The predicted octanol–water partition coefficient (Wildman–Crippen LogP) is 32.1. The van der Waals surface area contributed by atoms with E-state index in [1.165, 1.54) is 77.7 Å². The van der Waals surface area contributed by atoms with Gasteiger partial charge in [-0.15, -0.1) is 0 Å². The first kappa shape index (κ1) is 73.7. The summed E-state index contributed by atoms with van der Waals surface area (Å²) in [5, 5.41) is 2.36. The minimum absolute atomic E-state index is 0.00948. The first-order chi connectivity index (χ1) is 65.2. The Hall–Kier alpha value is -13.2. The van der Waals surface area contributed by atoms with Crippen molar-refractivity contribution >= 4 is 101 Å². The van der Waals surface area contributed by atoms with Gasteiger partial charge in [0, 0.05) is 77.9 Å². The van der Waals surface area contributed by atoms with Gasteiger partial charge in [-0.3, -0.25) is 0 Å². The summed E-state index contributed by atoms with van der Waals surface area (Å²) in [5.41, 5.74) is 36.1. The molecule has 4 nitrogen and oxygen atoms in total. The Bertz CT molecular complexity index is 7950. The van der Waals surface area contributed by atoms with Crippen molar-refractivity contribution in [2.24, 2.45) is 0 Å². The highest BCUT2D eigenvalue weighted by atomic mass is 15.2. The van der Waals surface area contributed by atoms with Gasteiger partial charge in [-0.05, 0) is 245 Å². The zero-order chi connectivity index (χ0) is 97.3. The molecule has 0 unspecified atom stereocenters. The van der Waals surface area contributed by atoms with Crippen LogP contribution in [0.5, 0.6) is 0 Å². The smallest absolute Gasteiger partial charge is 0.252 e. The minimum atomic E-state index is -0.670. The van der Waals surface area contributed by atoms with Crippen LogP contribution in [-0.2, 0) is 43.3 Å². The number of anilines is 6. The Morgan fingerprint density at radius 3 is 0.946 bits per heavy atom. The molecule has 4 aliphatic rings. The number of benzene rings is 16. The van der Waals surface area contributed by atoms with E-state index in [1.54, 1.807) is 4.57 Å². The van der Waals surface area contributed by atoms with Crippen LogP contribution in [0.1, 0.15) is 218 Å². The lowest BCUT2D eigenvalue weighted by atomic mass is 9.33. The minimum Gasteiger partial charge on any atom is -0.310 e. The Morgan fingerprint density at radius 2 is 0.577 bits per heavy atom. The van der Waals surface area contributed by atoms with Crippen LogP contribution in [0.15, 0.2) is 327 Å². The number of fused-ring (bicyclic) bond motifs is 21. The molecule has 4 heterocycles. The lowest BCUT2D eigenvalue weighted by molar-refractivity contribution is 0.589. The molecule has 18 aromatic rings. The molecule has 2 aliphatic heterocycles. The first-order valence-corrected chi connectivity index (χ1v) is 46.5. The monoisotopic (exact) mass is 1690 g/mol. The molecule has 2 aliphatic carbocycles. The maximum atomic E-state index is 10.1. The molecule has 0 atom stereocenters. The van der Waals surface area contributed by atoms with Crippen molar-refractivity contribution in [1.82, 2.24) is 9.13 Å². The van der Waals surface area contributed by atoms with E-state index in [0.717, 1.165) is 128 Å². The molecule has 1 spiro atoms. The van der Waals surface area contributed by atoms with E-state index >= 15 is 0 Å². The van der Waals surface area contributed by atoms with Crippen LogP contribution in [0.2, 0.25) is 0 Å².